The molecule has 390 valence electrons. The Labute approximate surface area is 480 Å². The smallest absolute Gasteiger partial charge is 0.164 e. The minimum absolute atomic E-state index is 0.566. The molecule has 0 amide bonds. The molecule has 12 aromatic carbocycles. The maximum atomic E-state index is 5.48. The van der Waals surface area contributed by atoms with Gasteiger partial charge in [-0.2, -0.15) is 0 Å². The average Bonchev–Trinajstić information content (AvgIpc) is 2.20. The van der Waals surface area contributed by atoms with Gasteiger partial charge in [-0.05, 0) is 97.3 Å². The van der Waals surface area contributed by atoms with Crippen molar-refractivity contribution in [1.29, 1.82) is 0 Å². The Hall–Kier alpha value is -11.0. The summed E-state index contributed by atoms with van der Waals surface area (Å²) in [5.41, 5.74) is 21.5. The molecule has 6 heteroatoms. The third-order valence-electron chi connectivity index (χ3n) is 16.7. The fourth-order valence-electron chi connectivity index (χ4n) is 13.0. The summed E-state index contributed by atoms with van der Waals surface area (Å²) in [4.78, 5) is 16.2. The van der Waals surface area contributed by atoms with E-state index in [1.165, 1.54) is 54.6 Å². The van der Waals surface area contributed by atoms with E-state index in [4.69, 9.17) is 15.0 Å². The van der Waals surface area contributed by atoms with E-state index in [0.29, 0.717) is 17.5 Å². The van der Waals surface area contributed by atoms with Crippen molar-refractivity contribution >= 4 is 65.4 Å². The first kappa shape index (κ1) is 48.0. The molecule has 0 spiro atoms. The molecule has 0 saturated heterocycles. The number of aromatic nitrogens is 6. The molecule has 0 aliphatic heterocycles. The third-order valence-corrected chi connectivity index (χ3v) is 16.7. The van der Waals surface area contributed by atoms with E-state index in [1.807, 2.05) is 36.4 Å². The van der Waals surface area contributed by atoms with E-state index in [2.05, 4.69) is 270 Å². The van der Waals surface area contributed by atoms with Gasteiger partial charge in [0, 0.05) is 71.3 Å². The van der Waals surface area contributed by atoms with Gasteiger partial charge < -0.3 is 13.7 Å². The van der Waals surface area contributed by atoms with E-state index in [-0.39, 0.29) is 0 Å². The molecular formula is C77H52N6. The van der Waals surface area contributed by atoms with Crippen molar-refractivity contribution in [3.63, 3.8) is 0 Å². The van der Waals surface area contributed by atoms with Gasteiger partial charge in [-0.25, -0.2) is 15.0 Å². The molecule has 0 aliphatic rings. The minimum Gasteiger partial charge on any atom is -0.309 e. The molecule has 0 aliphatic carbocycles. The number of para-hydroxylation sites is 7. The lowest BCUT2D eigenvalue weighted by Crippen LogP contribution is -2.07. The van der Waals surface area contributed by atoms with Gasteiger partial charge in [-0.15, -0.1) is 0 Å². The molecule has 16 aromatic rings. The average molecular weight is 1060 g/mol. The van der Waals surface area contributed by atoms with Gasteiger partial charge in [0.05, 0.1) is 50.2 Å². The van der Waals surface area contributed by atoms with Crippen LogP contribution in [0.5, 0.6) is 0 Å². The zero-order valence-electron chi connectivity index (χ0n) is 45.7. The molecule has 0 saturated carbocycles. The van der Waals surface area contributed by atoms with Gasteiger partial charge >= 0.3 is 0 Å². The molecular weight excluding hydrogens is 1010 g/mol. The van der Waals surface area contributed by atoms with Gasteiger partial charge in [-0.3, -0.25) is 0 Å². The molecule has 4 heterocycles. The number of fused-ring (bicyclic) bond motifs is 9. The second kappa shape index (κ2) is 19.4. The first-order chi connectivity index (χ1) is 41.0. The first-order valence-electron chi connectivity index (χ1n) is 28.3. The van der Waals surface area contributed by atoms with Crippen LogP contribution in [-0.4, -0.2) is 28.7 Å². The summed E-state index contributed by atoms with van der Waals surface area (Å²) in [6.07, 6.45) is 0. The minimum atomic E-state index is 0.566. The summed E-state index contributed by atoms with van der Waals surface area (Å²) in [7, 11) is 0. The highest BCUT2D eigenvalue weighted by Gasteiger charge is 2.28. The van der Waals surface area contributed by atoms with E-state index < -0.39 is 0 Å². The summed E-state index contributed by atoms with van der Waals surface area (Å²) in [6.45, 7) is 4.38. The van der Waals surface area contributed by atoms with Crippen molar-refractivity contribution < 1.29 is 0 Å². The predicted octanol–water partition coefficient (Wildman–Crippen LogP) is 19.8. The van der Waals surface area contributed by atoms with E-state index in [9.17, 15) is 0 Å². The highest BCUT2D eigenvalue weighted by Crippen LogP contribution is 2.49. The number of aryl methyl sites for hydroxylation is 2. The van der Waals surface area contributed by atoms with E-state index >= 15 is 0 Å². The summed E-state index contributed by atoms with van der Waals surface area (Å²) in [5.74, 6) is 1.76. The monoisotopic (exact) mass is 1060 g/mol. The Morgan fingerprint density at radius 1 is 0.241 bits per heavy atom. The molecule has 0 fully saturated rings. The normalized spacial score (nSPS) is 11.7. The summed E-state index contributed by atoms with van der Waals surface area (Å²) in [5, 5.41) is 7.12. The number of hydrogen-bond acceptors (Lipinski definition) is 3. The fraction of sp³-hybridized carbons (Fsp3) is 0.0260. The van der Waals surface area contributed by atoms with Crippen LogP contribution in [0.2, 0.25) is 0 Å². The highest BCUT2D eigenvalue weighted by atomic mass is 15.0. The van der Waals surface area contributed by atoms with Crippen LogP contribution in [0.1, 0.15) is 11.1 Å². The summed E-state index contributed by atoms with van der Waals surface area (Å²) in [6, 6.07) is 101. The summed E-state index contributed by atoms with van der Waals surface area (Å²) >= 11 is 0. The van der Waals surface area contributed by atoms with Crippen molar-refractivity contribution in [3.8, 4) is 84.6 Å². The Morgan fingerprint density at radius 3 is 1.07 bits per heavy atom. The van der Waals surface area contributed by atoms with E-state index in [1.54, 1.807) is 0 Å². The standard InChI is InChI=1S/C77H52N6/c1-49-41-43-55(50(2)45-49)53-42-44-73-63(46-53)60-31-13-22-40-72(60)83(73)74-64(61-32-14-20-38-70(61)81-66-34-16-9-27-56(66)57-28-10-17-35-67(57)81)47-54(77-79-75(51-23-5-3-6-24-51)78-76(80-77)52-25-7-4-8-26-52)48-65(74)62-33-15-21-39-71(62)82-68-36-18-11-29-58(68)59-30-12-19-37-69(59)82/h3-48H,1-2H3. The van der Waals surface area contributed by atoms with Crippen LogP contribution in [-0.2, 0) is 0 Å². The van der Waals surface area contributed by atoms with Crippen LogP contribution in [0, 0.1) is 13.8 Å². The first-order valence-corrected chi connectivity index (χ1v) is 28.3. The molecule has 0 unspecified atom stereocenters. The lowest BCUT2D eigenvalue weighted by Gasteiger charge is -2.24. The molecule has 0 atom stereocenters. The van der Waals surface area contributed by atoms with Crippen LogP contribution in [0.15, 0.2) is 279 Å². The molecule has 0 bridgehead atoms. The Morgan fingerprint density at radius 2 is 0.614 bits per heavy atom. The van der Waals surface area contributed by atoms with Crippen LogP contribution < -0.4 is 0 Å². The molecule has 0 radical (unpaired) electrons. The molecule has 16 rings (SSSR count). The molecule has 0 N–H and O–H groups in total. The van der Waals surface area contributed by atoms with Crippen LogP contribution in [0.3, 0.4) is 0 Å². The molecule has 4 aromatic heterocycles. The molecule has 83 heavy (non-hydrogen) atoms. The Balaban J connectivity index is 1.09. The maximum absolute atomic E-state index is 5.48. The number of rotatable bonds is 9. The van der Waals surface area contributed by atoms with Crippen molar-refractivity contribution in [2.24, 2.45) is 0 Å². The number of nitrogens with zero attached hydrogens (tertiary/aromatic N) is 6. The topological polar surface area (TPSA) is 53.5 Å². The molecule has 6 nitrogen and oxygen atoms in total. The third kappa shape index (κ3) is 7.83. The quantitative estimate of drug-likeness (QED) is 0.145. The summed E-state index contributed by atoms with van der Waals surface area (Å²) < 4.78 is 7.44. The van der Waals surface area contributed by atoms with Crippen molar-refractivity contribution in [2.75, 3.05) is 0 Å². The van der Waals surface area contributed by atoms with Crippen LogP contribution >= 0.6 is 0 Å². The zero-order chi connectivity index (χ0) is 55.1. The van der Waals surface area contributed by atoms with Crippen LogP contribution in [0.25, 0.3) is 150 Å². The number of benzene rings is 12. The van der Waals surface area contributed by atoms with Crippen molar-refractivity contribution in [2.45, 2.75) is 13.8 Å². The Bertz CT molecular complexity index is 4890. The Kier molecular flexibility index (Phi) is 11.2. The highest BCUT2D eigenvalue weighted by molar-refractivity contribution is 6.14. The lowest BCUT2D eigenvalue weighted by molar-refractivity contribution is 1.07. The maximum Gasteiger partial charge on any atom is 0.164 e. The van der Waals surface area contributed by atoms with E-state index in [0.717, 1.165) is 89.1 Å². The lowest BCUT2D eigenvalue weighted by atomic mass is 9.90. The SMILES string of the molecule is Cc1ccc(-c2ccc3c(c2)c2ccccc2n3-c2c(-c3ccccc3-n3c4ccccc4c4ccccc43)cc(-c3nc(-c4ccccc4)nc(-c4ccccc4)n3)cc2-c2ccccc2-n2c3ccccc3c3ccccc32)c(C)c1. The van der Waals surface area contributed by atoms with Gasteiger partial charge in [0.15, 0.2) is 17.5 Å². The second-order valence-corrected chi connectivity index (χ2v) is 21.6. The predicted molar refractivity (Wildman–Crippen MR) is 345 cm³/mol. The second-order valence-electron chi connectivity index (χ2n) is 21.6. The van der Waals surface area contributed by atoms with Gasteiger partial charge in [0.25, 0.3) is 0 Å². The van der Waals surface area contributed by atoms with Crippen molar-refractivity contribution in [1.82, 2.24) is 28.7 Å². The van der Waals surface area contributed by atoms with Gasteiger partial charge in [0.2, 0.25) is 0 Å². The largest absolute Gasteiger partial charge is 0.309 e. The zero-order valence-corrected chi connectivity index (χ0v) is 45.7. The van der Waals surface area contributed by atoms with Gasteiger partial charge in [-0.1, -0.05) is 218 Å². The van der Waals surface area contributed by atoms with Crippen molar-refractivity contribution in [3.05, 3.63) is 290 Å². The number of hydrogen-bond donors (Lipinski definition) is 0. The fourth-order valence-corrected chi connectivity index (χ4v) is 13.0. The van der Waals surface area contributed by atoms with Crippen LogP contribution in [0.4, 0.5) is 0 Å². The van der Waals surface area contributed by atoms with Gasteiger partial charge in [0.1, 0.15) is 0 Å².